The van der Waals surface area contributed by atoms with Crippen LogP contribution in [0, 0.1) is 12.3 Å². The molecule has 2 aliphatic rings. The molecule has 1 unspecified atom stereocenters. The lowest BCUT2D eigenvalue weighted by atomic mass is 9.93. The number of piperidine rings is 1. The summed E-state index contributed by atoms with van der Waals surface area (Å²) in [5, 5.41) is 3.44. The van der Waals surface area contributed by atoms with Gasteiger partial charge in [-0.2, -0.15) is 0 Å². The normalized spacial score (nSPS) is 21.0. The predicted octanol–water partition coefficient (Wildman–Crippen LogP) is 2.26. The SMILES string of the molecule is Cc1[nH]ccc1C(=O)N(Cc1nccn1C)C1CC12CCNCC2.Cl. The highest BCUT2D eigenvalue weighted by atomic mass is 35.5. The average Bonchev–Trinajstić information content (AvgIpc) is 2.91. The summed E-state index contributed by atoms with van der Waals surface area (Å²) in [4.78, 5) is 22.8. The van der Waals surface area contributed by atoms with Crippen molar-refractivity contribution in [3.8, 4) is 0 Å². The first kappa shape index (κ1) is 18.0. The first-order valence-electron chi connectivity index (χ1n) is 8.73. The van der Waals surface area contributed by atoms with E-state index in [1.807, 2.05) is 37.0 Å². The van der Waals surface area contributed by atoms with Crippen LogP contribution in [-0.4, -0.2) is 44.5 Å². The number of halogens is 1. The minimum absolute atomic E-state index is 0. The van der Waals surface area contributed by atoms with E-state index in [4.69, 9.17) is 0 Å². The molecule has 1 spiro atoms. The maximum atomic E-state index is 13.2. The first-order chi connectivity index (χ1) is 11.6. The maximum absolute atomic E-state index is 13.2. The number of amides is 1. The van der Waals surface area contributed by atoms with E-state index in [0.29, 0.717) is 18.0 Å². The molecule has 4 rings (SSSR count). The summed E-state index contributed by atoms with van der Waals surface area (Å²) in [6.07, 6.45) is 9.02. The molecule has 0 aromatic carbocycles. The molecule has 1 amide bonds. The Balaban J connectivity index is 0.00000182. The van der Waals surface area contributed by atoms with E-state index in [2.05, 4.69) is 20.2 Å². The number of nitrogens with one attached hydrogen (secondary N) is 2. The van der Waals surface area contributed by atoms with Crippen LogP contribution in [0.25, 0.3) is 0 Å². The zero-order valence-corrected chi connectivity index (χ0v) is 15.6. The fourth-order valence-electron chi connectivity index (χ4n) is 4.09. The predicted molar refractivity (Wildman–Crippen MR) is 98.8 cm³/mol. The molecule has 1 saturated heterocycles. The Morgan fingerprint density at radius 3 is 2.80 bits per heavy atom. The highest BCUT2D eigenvalue weighted by molar-refractivity contribution is 5.95. The number of carbonyl (C=O) groups excluding carboxylic acids is 1. The Hall–Kier alpha value is -1.79. The number of hydrogen-bond acceptors (Lipinski definition) is 3. The van der Waals surface area contributed by atoms with Crippen LogP contribution in [0.3, 0.4) is 0 Å². The largest absolute Gasteiger partial charge is 0.365 e. The van der Waals surface area contributed by atoms with Crippen molar-refractivity contribution < 1.29 is 4.79 Å². The Kier molecular flexibility index (Phi) is 4.93. The second-order valence-electron chi connectivity index (χ2n) is 7.24. The van der Waals surface area contributed by atoms with Gasteiger partial charge in [0, 0.05) is 37.4 Å². The van der Waals surface area contributed by atoms with E-state index in [-0.39, 0.29) is 18.3 Å². The quantitative estimate of drug-likeness (QED) is 0.875. The smallest absolute Gasteiger partial charge is 0.256 e. The number of H-pyrrole nitrogens is 1. The molecule has 1 saturated carbocycles. The van der Waals surface area contributed by atoms with E-state index >= 15 is 0 Å². The molecular formula is C18H26ClN5O. The fraction of sp³-hybridized carbons (Fsp3) is 0.556. The minimum atomic E-state index is 0. The molecule has 0 radical (unpaired) electrons. The summed E-state index contributed by atoms with van der Waals surface area (Å²) in [5.41, 5.74) is 2.03. The van der Waals surface area contributed by atoms with Crippen molar-refractivity contribution in [2.75, 3.05) is 13.1 Å². The fourth-order valence-corrected chi connectivity index (χ4v) is 4.09. The van der Waals surface area contributed by atoms with Crippen LogP contribution in [-0.2, 0) is 13.6 Å². The molecule has 136 valence electrons. The summed E-state index contributed by atoms with van der Waals surface area (Å²) < 4.78 is 2.00. The van der Waals surface area contributed by atoms with Crippen LogP contribution in [0.5, 0.6) is 0 Å². The van der Waals surface area contributed by atoms with Crippen LogP contribution in [0.1, 0.15) is 41.1 Å². The van der Waals surface area contributed by atoms with Crippen molar-refractivity contribution in [2.45, 2.75) is 38.8 Å². The van der Waals surface area contributed by atoms with Gasteiger partial charge >= 0.3 is 0 Å². The Bertz CT molecular complexity index is 746. The zero-order valence-electron chi connectivity index (χ0n) is 14.8. The Morgan fingerprint density at radius 1 is 1.44 bits per heavy atom. The summed E-state index contributed by atoms with van der Waals surface area (Å²) in [6, 6.07) is 2.22. The number of carbonyl (C=O) groups is 1. The summed E-state index contributed by atoms with van der Waals surface area (Å²) in [6.45, 7) is 4.65. The molecule has 1 atom stereocenters. The number of nitrogens with zero attached hydrogens (tertiary/aromatic N) is 3. The lowest BCUT2D eigenvalue weighted by Crippen LogP contribution is -2.39. The topological polar surface area (TPSA) is 66.0 Å². The number of rotatable bonds is 4. The minimum Gasteiger partial charge on any atom is -0.365 e. The standard InChI is InChI=1S/C18H25N5O.ClH/c1-13-14(3-6-20-13)17(24)23(12-16-21-9-10-22(16)2)15-11-18(15)4-7-19-8-5-18;/h3,6,9-10,15,19-20H,4-5,7-8,11-12H2,1-2H3;1H. The number of hydrogen-bond donors (Lipinski definition) is 2. The molecule has 1 aliphatic heterocycles. The summed E-state index contributed by atoms with van der Waals surface area (Å²) >= 11 is 0. The monoisotopic (exact) mass is 363 g/mol. The molecule has 2 fully saturated rings. The third-order valence-corrected chi connectivity index (χ3v) is 5.80. The van der Waals surface area contributed by atoms with Gasteiger partial charge in [0.05, 0.1) is 12.1 Å². The number of aromatic amines is 1. The van der Waals surface area contributed by atoms with Crippen molar-refractivity contribution in [2.24, 2.45) is 12.5 Å². The molecular weight excluding hydrogens is 338 g/mol. The molecule has 2 N–H and O–H groups in total. The highest BCUT2D eigenvalue weighted by Crippen LogP contribution is 2.56. The molecule has 25 heavy (non-hydrogen) atoms. The van der Waals surface area contributed by atoms with Gasteiger partial charge in [-0.15, -0.1) is 12.4 Å². The van der Waals surface area contributed by atoms with Gasteiger partial charge in [0.25, 0.3) is 5.91 Å². The van der Waals surface area contributed by atoms with Gasteiger partial charge in [0.15, 0.2) is 0 Å². The van der Waals surface area contributed by atoms with Crippen LogP contribution in [0.2, 0.25) is 0 Å². The Morgan fingerprint density at radius 2 is 2.20 bits per heavy atom. The summed E-state index contributed by atoms with van der Waals surface area (Å²) in [7, 11) is 1.99. The van der Waals surface area contributed by atoms with Crippen molar-refractivity contribution in [1.82, 2.24) is 24.8 Å². The lowest BCUT2D eigenvalue weighted by Gasteiger charge is -2.29. The van der Waals surface area contributed by atoms with E-state index < -0.39 is 0 Å². The third kappa shape index (κ3) is 3.20. The van der Waals surface area contributed by atoms with Crippen LogP contribution in [0.15, 0.2) is 24.7 Å². The van der Waals surface area contributed by atoms with E-state index in [9.17, 15) is 4.79 Å². The molecule has 7 heteroatoms. The van der Waals surface area contributed by atoms with Crippen LogP contribution >= 0.6 is 12.4 Å². The van der Waals surface area contributed by atoms with Gasteiger partial charge in [0.1, 0.15) is 5.82 Å². The molecule has 2 aromatic rings. The second-order valence-corrected chi connectivity index (χ2v) is 7.24. The first-order valence-corrected chi connectivity index (χ1v) is 8.73. The molecule has 0 bridgehead atoms. The van der Waals surface area contributed by atoms with Crippen molar-refractivity contribution >= 4 is 18.3 Å². The van der Waals surface area contributed by atoms with Crippen LogP contribution in [0.4, 0.5) is 0 Å². The van der Waals surface area contributed by atoms with Gasteiger partial charge in [-0.05, 0) is 50.8 Å². The summed E-state index contributed by atoms with van der Waals surface area (Å²) in [5.74, 6) is 1.06. The van der Waals surface area contributed by atoms with Crippen molar-refractivity contribution in [3.63, 3.8) is 0 Å². The number of aromatic nitrogens is 3. The molecule has 2 aromatic heterocycles. The molecule has 1 aliphatic carbocycles. The van der Waals surface area contributed by atoms with Gasteiger partial charge < -0.3 is 19.8 Å². The number of aryl methyl sites for hydroxylation is 2. The molecule has 3 heterocycles. The van der Waals surface area contributed by atoms with E-state index in [0.717, 1.165) is 49.4 Å². The number of imidazole rings is 1. The van der Waals surface area contributed by atoms with Gasteiger partial charge in [0.2, 0.25) is 0 Å². The van der Waals surface area contributed by atoms with Gasteiger partial charge in [-0.3, -0.25) is 4.79 Å². The van der Waals surface area contributed by atoms with E-state index in [1.165, 1.54) is 0 Å². The zero-order chi connectivity index (χ0) is 16.7. The van der Waals surface area contributed by atoms with Gasteiger partial charge in [-0.25, -0.2) is 4.98 Å². The third-order valence-electron chi connectivity index (χ3n) is 5.80. The Labute approximate surface area is 154 Å². The lowest BCUT2D eigenvalue weighted by molar-refractivity contribution is 0.0685. The molecule has 6 nitrogen and oxygen atoms in total. The average molecular weight is 364 g/mol. The second kappa shape index (κ2) is 6.84. The van der Waals surface area contributed by atoms with Gasteiger partial charge in [-0.1, -0.05) is 0 Å². The maximum Gasteiger partial charge on any atom is 0.256 e. The highest BCUT2D eigenvalue weighted by Gasteiger charge is 2.58. The van der Waals surface area contributed by atoms with Crippen molar-refractivity contribution in [1.29, 1.82) is 0 Å². The van der Waals surface area contributed by atoms with Crippen LogP contribution < -0.4 is 5.32 Å². The van der Waals surface area contributed by atoms with E-state index in [1.54, 1.807) is 6.20 Å². The van der Waals surface area contributed by atoms with Crippen molar-refractivity contribution in [3.05, 3.63) is 41.7 Å².